The largest absolute Gasteiger partial charge is 0.343 e. The Balaban J connectivity index is 1.48. The third kappa shape index (κ3) is 2.54. The normalized spacial score (nSPS) is 36.9. The van der Waals surface area contributed by atoms with Gasteiger partial charge in [-0.15, -0.1) is 0 Å². The number of piperidine rings is 4. The molecule has 4 rings (SSSR count). The predicted molar refractivity (Wildman–Crippen MR) is 71.4 cm³/mol. The molecule has 0 radical (unpaired) electrons. The van der Waals surface area contributed by atoms with Crippen LogP contribution in [0.4, 0.5) is 0 Å². The molecule has 0 saturated carbocycles. The number of nitrogens with one attached hydrogen (secondary N) is 1. The second-order valence-electron chi connectivity index (χ2n) is 6.19. The van der Waals surface area contributed by atoms with E-state index in [4.69, 9.17) is 0 Å². The molecule has 4 nitrogen and oxygen atoms in total. The van der Waals surface area contributed by atoms with E-state index < -0.39 is 0 Å². The topological polar surface area (TPSA) is 35.6 Å². The fourth-order valence-electron chi connectivity index (χ4n) is 3.82. The zero-order chi connectivity index (χ0) is 12.5. The molecular weight excluding hydrogens is 226 g/mol. The second kappa shape index (κ2) is 5.17. The Bertz CT molecular complexity index is 304. The molecule has 0 aromatic carbocycles. The summed E-state index contributed by atoms with van der Waals surface area (Å²) in [6.07, 6.45) is 5.01. The first-order valence-electron chi connectivity index (χ1n) is 7.46. The molecule has 1 N–H and O–H groups in total. The van der Waals surface area contributed by atoms with E-state index in [0.29, 0.717) is 12.1 Å². The minimum absolute atomic E-state index is 0.233. The van der Waals surface area contributed by atoms with Crippen molar-refractivity contribution in [2.24, 2.45) is 5.92 Å². The highest BCUT2D eigenvalue weighted by Gasteiger charge is 2.35. The Kier molecular flexibility index (Phi) is 3.57. The standard InChI is InChI=1S/C14H25N3O/c1-11(18)17-8-4-13(5-9-17)15-14-10-16-6-2-12(14)3-7-16/h12-15H,2-10H2,1H3. The zero-order valence-electron chi connectivity index (χ0n) is 11.4. The Morgan fingerprint density at radius 3 is 2.22 bits per heavy atom. The van der Waals surface area contributed by atoms with Crippen LogP contribution in [0, 0.1) is 5.92 Å². The maximum Gasteiger partial charge on any atom is 0.219 e. The number of rotatable bonds is 2. The number of fused-ring (bicyclic) bond motifs is 3. The molecule has 0 aromatic rings. The Hall–Kier alpha value is -0.610. The summed E-state index contributed by atoms with van der Waals surface area (Å²) < 4.78 is 0. The Labute approximate surface area is 110 Å². The van der Waals surface area contributed by atoms with Gasteiger partial charge in [0.15, 0.2) is 0 Å². The van der Waals surface area contributed by atoms with Crippen LogP contribution in [0.3, 0.4) is 0 Å². The smallest absolute Gasteiger partial charge is 0.219 e. The summed E-state index contributed by atoms with van der Waals surface area (Å²) in [4.78, 5) is 15.9. The van der Waals surface area contributed by atoms with E-state index in [2.05, 4.69) is 10.2 Å². The molecule has 18 heavy (non-hydrogen) atoms. The second-order valence-corrected chi connectivity index (χ2v) is 6.19. The van der Waals surface area contributed by atoms with Crippen LogP contribution in [0.15, 0.2) is 0 Å². The predicted octanol–water partition coefficient (Wildman–Crippen LogP) is 0.681. The highest BCUT2D eigenvalue weighted by Crippen LogP contribution is 2.28. The van der Waals surface area contributed by atoms with Crippen molar-refractivity contribution in [3.63, 3.8) is 0 Å². The zero-order valence-corrected chi connectivity index (χ0v) is 11.4. The first kappa shape index (κ1) is 12.4. The van der Waals surface area contributed by atoms with Gasteiger partial charge in [-0.05, 0) is 44.7 Å². The lowest BCUT2D eigenvalue weighted by Gasteiger charge is -2.47. The number of likely N-dealkylation sites (tertiary alicyclic amines) is 1. The maximum atomic E-state index is 11.3. The van der Waals surface area contributed by atoms with Crippen LogP contribution in [-0.2, 0) is 4.79 Å². The van der Waals surface area contributed by atoms with Crippen LogP contribution in [0.1, 0.15) is 32.6 Å². The average Bonchev–Trinajstić information content (AvgIpc) is 2.41. The molecule has 4 heterocycles. The molecule has 0 aromatic heterocycles. The van der Waals surface area contributed by atoms with Crippen LogP contribution in [0.5, 0.6) is 0 Å². The highest BCUT2D eigenvalue weighted by molar-refractivity contribution is 5.73. The number of nitrogens with zero attached hydrogens (tertiary/aromatic N) is 2. The van der Waals surface area contributed by atoms with Crippen LogP contribution >= 0.6 is 0 Å². The summed E-state index contributed by atoms with van der Waals surface area (Å²) in [5.74, 6) is 1.14. The molecule has 4 saturated heterocycles. The van der Waals surface area contributed by atoms with Gasteiger partial charge in [-0.25, -0.2) is 0 Å². The van der Waals surface area contributed by atoms with Gasteiger partial charge >= 0.3 is 0 Å². The molecule has 1 amide bonds. The van der Waals surface area contributed by atoms with Crippen molar-refractivity contribution in [2.45, 2.75) is 44.7 Å². The van der Waals surface area contributed by atoms with Gasteiger partial charge in [0.1, 0.15) is 0 Å². The first-order chi connectivity index (χ1) is 8.72. The van der Waals surface area contributed by atoms with E-state index in [1.807, 2.05) is 4.90 Å². The molecular formula is C14H25N3O. The summed E-state index contributed by atoms with van der Waals surface area (Å²) >= 11 is 0. The lowest BCUT2D eigenvalue weighted by molar-refractivity contribution is -0.129. The van der Waals surface area contributed by atoms with Crippen LogP contribution in [0.25, 0.3) is 0 Å². The number of carbonyl (C=O) groups excluding carboxylic acids is 1. The molecule has 2 bridgehead atoms. The SMILES string of the molecule is CC(=O)N1CCC(NC2CN3CCC2CC3)CC1. The van der Waals surface area contributed by atoms with Gasteiger partial charge in [0.2, 0.25) is 5.91 Å². The minimum Gasteiger partial charge on any atom is -0.343 e. The molecule has 0 spiro atoms. The van der Waals surface area contributed by atoms with E-state index in [0.717, 1.165) is 31.8 Å². The fraction of sp³-hybridized carbons (Fsp3) is 0.929. The molecule has 4 heteroatoms. The fourth-order valence-corrected chi connectivity index (χ4v) is 3.82. The molecule has 4 aliphatic heterocycles. The number of hydrogen-bond donors (Lipinski definition) is 1. The molecule has 102 valence electrons. The highest BCUT2D eigenvalue weighted by atomic mass is 16.2. The van der Waals surface area contributed by atoms with Gasteiger partial charge in [0.25, 0.3) is 0 Å². The summed E-state index contributed by atoms with van der Waals surface area (Å²) in [5.41, 5.74) is 0. The van der Waals surface area contributed by atoms with Crippen molar-refractivity contribution in [3.8, 4) is 0 Å². The van der Waals surface area contributed by atoms with Crippen molar-refractivity contribution >= 4 is 5.91 Å². The van der Waals surface area contributed by atoms with Crippen molar-refractivity contribution in [1.82, 2.24) is 15.1 Å². The average molecular weight is 251 g/mol. The molecule has 4 aliphatic rings. The maximum absolute atomic E-state index is 11.3. The van der Waals surface area contributed by atoms with Crippen molar-refractivity contribution in [1.29, 1.82) is 0 Å². The summed E-state index contributed by atoms with van der Waals surface area (Å²) in [7, 11) is 0. The number of hydrogen-bond acceptors (Lipinski definition) is 3. The quantitative estimate of drug-likeness (QED) is 0.784. The van der Waals surface area contributed by atoms with Gasteiger partial charge in [0, 0.05) is 38.6 Å². The molecule has 0 aliphatic carbocycles. The number of carbonyl (C=O) groups is 1. The minimum atomic E-state index is 0.233. The van der Waals surface area contributed by atoms with Crippen molar-refractivity contribution in [3.05, 3.63) is 0 Å². The molecule has 4 fully saturated rings. The Morgan fingerprint density at radius 1 is 1.06 bits per heavy atom. The van der Waals surface area contributed by atoms with E-state index in [9.17, 15) is 4.79 Å². The van der Waals surface area contributed by atoms with Gasteiger partial charge < -0.3 is 15.1 Å². The summed E-state index contributed by atoms with van der Waals surface area (Å²) in [6, 6.07) is 1.34. The lowest BCUT2D eigenvalue weighted by Crippen LogP contribution is -2.59. The number of amides is 1. The van der Waals surface area contributed by atoms with Gasteiger partial charge in [0.05, 0.1) is 0 Å². The molecule has 1 atom stereocenters. The third-order valence-corrected chi connectivity index (χ3v) is 5.05. The summed E-state index contributed by atoms with van der Waals surface area (Å²) in [6.45, 7) is 7.43. The summed E-state index contributed by atoms with van der Waals surface area (Å²) in [5, 5.41) is 3.87. The van der Waals surface area contributed by atoms with E-state index in [1.165, 1.54) is 32.5 Å². The molecule has 1 unspecified atom stereocenters. The third-order valence-electron chi connectivity index (χ3n) is 5.05. The monoisotopic (exact) mass is 251 g/mol. The van der Waals surface area contributed by atoms with Gasteiger partial charge in [-0.1, -0.05) is 0 Å². The van der Waals surface area contributed by atoms with Crippen molar-refractivity contribution < 1.29 is 4.79 Å². The van der Waals surface area contributed by atoms with E-state index in [1.54, 1.807) is 6.92 Å². The van der Waals surface area contributed by atoms with E-state index in [-0.39, 0.29) is 5.91 Å². The van der Waals surface area contributed by atoms with Crippen molar-refractivity contribution in [2.75, 3.05) is 32.7 Å². The Morgan fingerprint density at radius 2 is 1.72 bits per heavy atom. The van der Waals surface area contributed by atoms with E-state index >= 15 is 0 Å². The van der Waals surface area contributed by atoms with Crippen LogP contribution < -0.4 is 5.32 Å². The van der Waals surface area contributed by atoms with Gasteiger partial charge in [-0.3, -0.25) is 4.79 Å². The van der Waals surface area contributed by atoms with Crippen LogP contribution in [-0.4, -0.2) is 60.5 Å². The lowest BCUT2D eigenvalue weighted by atomic mass is 9.83. The first-order valence-corrected chi connectivity index (χ1v) is 7.46. The van der Waals surface area contributed by atoms with Gasteiger partial charge in [-0.2, -0.15) is 0 Å². The van der Waals surface area contributed by atoms with Crippen LogP contribution in [0.2, 0.25) is 0 Å².